The monoisotopic (exact) mass is 932 g/mol. The molecule has 0 aliphatic rings. The van der Waals surface area contributed by atoms with E-state index in [1.54, 1.807) is 0 Å². The fraction of sp³-hybridized carbons (Fsp3) is 0.917. The molecule has 0 aromatic rings. The second kappa shape index (κ2) is 54.7. The summed E-state index contributed by atoms with van der Waals surface area (Å²) in [6.45, 7) is 4.08. The summed E-state index contributed by atoms with van der Waals surface area (Å²) < 4.78 is 0. The smallest absolute Gasteiger partial charge is 0.249 e. The number of carbonyl (C=O) groups excluding carboxylic acids is 1. The van der Waals surface area contributed by atoms with Gasteiger partial charge in [0.05, 0.1) is 18.8 Å². The summed E-state index contributed by atoms with van der Waals surface area (Å²) in [5.74, 6) is -0.590. The van der Waals surface area contributed by atoms with Crippen LogP contribution in [-0.4, -0.2) is 57.3 Å². The second-order valence-corrected chi connectivity index (χ2v) is 20.7. The zero-order valence-electron chi connectivity index (χ0n) is 44.5. The zero-order chi connectivity index (χ0) is 48.1. The third-order valence-corrected chi connectivity index (χ3v) is 14.1. The van der Waals surface area contributed by atoms with E-state index in [4.69, 9.17) is 0 Å². The average molecular weight is 933 g/mol. The first-order chi connectivity index (χ1) is 32.5. The normalized spacial score (nSPS) is 13.8. The van der Waals surface area contributed by atoms with Crippen molar-refractivity contribution in [3.05, 3.63) is 24.3 Å². The van der Waals surface area contributed by atoms with Crippen molar-refractivity contribution < 1.29 is 25.2 Å². The van der Waals surface area contributed by atoms with Gasteiger partial charge in [0.25, 0.3) is 0 Å². The van der Waals surface area contributed by atoms with Crippen LogP contribution in [0.1, 0.15) is 322 Å². The van der Waals surface area contributed by atoms with Crippen LogP contribution in [0, 0.1) is 0 Å². The quantitative estimate of drug-likeness (QED) is 0.0308. The first-order valence-electron chi connectivity index (χ1n) is 29.7. The third-order valence-electron chi connectivity index (χ3n) is 14.1. The predicted molar refractivity (Wildman–Crippen MR) is 288 cm³/mol. The Bertz CT molecular complexity index is 1000. The van der Waals surface area contributed by atoms with Crippen LogP contribution in [0.25, 0.3) is 0 Å². The molecule has 0 aromatic carbocycles. The van der Waals surface area contributed by atoms with E-state index in [1.807, 2.05) is 0 Å². The molecule has 6 heteroatoms. The van der Waals surface area contributed by atoms with E-state index >= 15 is 0 Å². The van der Waals surface area contributed by atoms with Crippen molar-refractivity contribution in [1.29, 1.82) is 0 Å². The molecule has 0 saturated carbocycles. The standard InChI is InChI=1S/C60H117NO5/c1-3-5-7-9-11-13-15-17-19-21-23-25-27-29-30-32-34-36-38-40-42-44-46-48-50-52-54-58(64)60(66)61-56(55-62)59(65)57(63)53-51-49-47-45-43-41-39-37-35-33-31-28-26-24-22-20-18-16-14-12-10-8-6-4-2/h29-30,45,47,56-59,62-65H,3-28,31-44,46,48-55H2,1-2H3,(H,61,66)/b30-29-,47-45+. The number of hydrogen-bond donors (Lipinski definition) is 5. The van der Waals surface area contributed by atoms with Crippen LogP contribution in [0.5, 0.6) is 0 Å². The average Bonchev–Trinajstić information content (AvgIpc) is 3.32. The molecule has 0 aliphatic carbocycles. The van der Waals surface area contributed by atoms with E-state index in [0.717, 1.165) is 38.5 Å². The Morgan fingerprint density at radius 3 is 0.909 bits per heavy atom. The maximum absolute atomic E-state index is 12.6. The first-order valence-corrected chi connectivity index (χ1v) is 29.7. The van der Waals surface area contributed by atoms with Gasteiger partial charge in [-0.05, 0) is 64.2 Å². The Kier molecular flexibility index (Phi) is 53.7. The lowest BCUT2D eigenvalue weighted by Crippen LogP contribution is -2.53. The molecule has 5 N–H and O–H groups in total. The molecular weight excluding hydrogens is 815 g/mol. The molecule has 0 heterocycles. The minimum atomic E-state index is -1.28. The Morgan fingerprint density at radius 1 is 0.364 bits per heavy atom. The third kappa shape index (κ3) is 47.8. The SMILES string of the molecule is CCCCCCCCCCCCCC/C=C\CCCCCCCCCCCCC(O)C(=O)NC(CO)C(O)C(O)CCC/C=C/CCCCCCCCCCCCCCCCCCCCC. The maximum atomic E-state index is 12.6. The van der Waals surface area contributed by atoms with Gasteiger partial charge in [0, 0.05) is 0 Å². The number of unbranched alkanes of at least 4 members (excludes halogenated alkanes) is 42. The number of hydrogen-bond acceptors (Lipinski definition) is 5. The van der Waals surface area contributed by atoms with Gasteiger partial charge in [0.15, 0.2) is 0 Å². The lowest BCUT2D eigenvalue weighted by Gasteiger charge is -2.27. The summed E-state index contributed by atoms with van der Waals surface area (Å²) in [5, 5.41) is 44.0. The molecule has 0 bridgehead atoms. The summed E-state index contributed by atoms with van der Waals surface area (Å²) in [6, 6.07) is -1.00. The Labute approximate surface area is 412 Å². The predicted octanol–water partition coefficient (Wildman–Crippen LogP) is 17.4. The van der Waals surface area contributed by atoms with Crippen molar-refractivity contribution in [3.63, 3.8) is 0 Å². The number of rotatable bonds is 55. The molecule has 4 unspecified atom stereocenters. The van der Waals surface area contributed by atoms with E-state index in [9.17, 15) is 25.2 Å². The molecule has 0 fully saturated rings. The second-order valence-electron chi connectivity index (χ2n) is 20.7. The molecular formula is C60H117NO5. The van der Waals surface area contributed by atoms with Crippen molar-refractivity contribution in [2.45, 2.75) is 346 Å². The minimum absolute atomic E-state index is 0.363. The van der Waals surface area contributed by atoms with Crippen molar-refractivity contribution >= 4 is 5.91 Å². The van der Waals surface area contributed by atoms with Crippen LogP contribution in [0.4, 0.5) is 0 Å². The molecule has 1 amide bonds. The maximum Gasteiger partial charge on any atom is 0.249 e. The van der Waals surface area contributed by atoms with Crippen molar-refractivity contribution in [2.24, 2.45) is 0 Å². The van der Waals surface area contributed by atoms with Gasteiger partial charge in [-0.3, -0.25) is 4.79 Å². The highest BCUT2D eigenvalue weighted by atomic mass is 16.3. The van der Waals surface area contributed by atoms with E-state index < -0.39 is 36.9 Å². The van der Waals surface area contributed by atoms with Crippen molar-refractivity contribution in [2.75, 3.05) is 6.61 Å². The topological polar surface area (TPSA) is 110 Å². The number of amides is 1. The molecule has 0 saturated heterocycles. The lowest BCUT2D eigenvalue weighted by molar-refractivity contribution is -0.132. The summed E-state index contributed by atoms with van der Waals surface area (Å²) in [7, 11) is 0. The molecule has 6 nitrogen and oxygen atoms in total. The van der Waals surface area contributed by atoms with Gasteiger partial charge in [0.1, 0.15) is 12.2 Å². The highest BCUT2D eigenvalue weighted by molar-refractivity contribution is 5.80. The van der Waals surface area contributed by atoms with Crippen LogP contribution >= 0.6 is 0 Å². The molecule has 392 valence electrons. The molecule has 0 aromatic heterocycles. The number of aliphatic hydroxyl groups is 4. The van der Waals surface area contributed by atoms with Gasteiger partial charge in [-0.25, -0.2) is 0 Å². The zero-order valence-corrected chi connectivity index (χ0v) is 44.5. The molecule has 0 radical (unpaired) electrons. The van der Waals surface area contributed by atoms with Gasteiger partial charge < -0.3 is 25.7 Å². The summed E-state index contributed by atoms with van der Waals surface area (Å²) in [5.41, 5.74) is 0. The number of aliphatic hydroxyl groups excluding tert-OH is 4. The van der Waals surface area contributed by atoms with Crippen LogP contribution in [0.3, 0.4) is 0 Å². The minimum Gasteiger partial charge on any atom is -0.394 e. The fourth-order valence-electron chi connectivity index (χ4n) is 9.46. The van der Waals surface area contributed by atoms with E-state index in [2.05, 4.69) is 43.5 Å². The van der Waals surface area contributed by atoms with Gasteiger partial charge in [-0.15, -0.1) is 0 Å². The van der Waals surface area contributed by atoms with Gasteiger partial charge in [-0.2, -0.15) is 0 Å². The van der Waals surface area contributed by atoms with Crippen molar-refractivity contribution in [3.8, 4) is 0 Å². The van der Waals surface area contributed by atoms with Crippen molar-refractivity contribution in [1.82, 2.24) is 5.32 Å². The van der Waals surface area contributed by atoms with E-state index in [-0.39, 0.29) is 0 Å². The van der Waals surface area contributed by atoms with Gasteiger partial charge >= 0.3 is 0 Å². The van der Waals surface area contributed by atoms with Crippen LogP contribution in [0.15, 0.2) is 24.3 Å². The summed E-state index contributed by atoms with van der Waals surface area (Å²) in [4.78, 5) is 12.6. The number of allylic oxidation sites excluding steroid dienone is 4. The van der Waals surface area contributed by atoms with E-state index in [0.29, 0.717) is 12.8 Å². The van der Waals surface area contributed by atoms with Crippen LogP contribution in [-0.2, 0) is 4.79 Å². The Hall–Kier alpha value is -1.21. The highest BCUT2D eigenvalue weighted by Gasteiger charge is 2.28. The van der Waals surface area contributed by atoms with Gasteiger partial charge in [-0.1, -0.05) is 282 Å². The largest absolute Gasteiger partial charge is 0.394 e. The first kappa shape index (κ1) is 64.8. The van der Waals surface area contributed by atoms with Gasteiger partial charge in [0.2, 0.25) is 5.91 Å². The molecule has 0 rings (SSSR count). The molecule has 4 atom stereocenters. The molecule has 0 aliphatic heterocycles. The molecule has 66 heavy (non-hydrogen) atoms. The summed E-state index contributed by atoms with van der Waals surface area (Å²) in [6.07, 6.45) is 66.9. The van der Waals surface area contributed by atoms with Crippen LogP contribution < -0.4 is 5.32 Å². The Balaban J connectivity index is 3.63. The van der Waals surface area contributed by atoms with E-state index in [1.165, 1.54) is 257 Å². The number of carbonyl (C=O) groups is 1. The Morgan fingerprint density at radius 2 is 0.621 bits per heavy atom. The fourth-order valence-corrected chi connectivity index (χ4v) is 9.46. The molecule has 0 spiro atoms. The summed E-state index contributed by atoms with van der Waals surface area (Å²) >= 11 is 0. The number of nitrogens with one attached hydrogen (secondary N) is 1. The lowest BCUT2D eigenvalue weighted by atomic mass is 10.00. The van der Waals surface area contributed by atoms with Crippen LogP contribution in [0.2, 0.25) is 0 Å². The highest BCUT2D eigenvalue weighted by Crippen LogP contribution is 2.18.